The second kappa shape index (κ2) is 5.96. The zero-order chi connectivity index (χ0) is 16.5. The maximum atomic E-state index is 14.0. The maximum Gasteiger partial charge on any atom is 0.417 e. The zero-order valence-electron chi connectivity index (χ0n) is 11.3. The van der Waals surface area contributed by atoms with Gasteiger partial charge in [-0.25, -0.2) is 4.39 Å². The van der Waals surface area contributed by atoms with Crippen molar-refractivity contribution in [2.75, 3.05) is 7.05 Å². The van der Waals surface area contributed by atoms with Crippen LogP contribution in [-0.4, -0.2) is 13.0 Å². The van der Waals surface area contributed by atoms with Gasteiger partial charge in [0.2, 0.25) is 0 Å². The van der Waals surface area contributed by atoms with Crippen LogP contribution in [0.4, 0.5) is 17.6 Å². The second-order valence-corrected chi connectivity index (χ2v) is 4.82. The van der Waals surface area contributed by atoms with E-state index < -0.39 is 28.5 Å². The molecule has 0 spiro atoms. The van der Waals surface area contributed by atoms with Crippen LogP contribution in [-0.2, 0) is 6.18 Å². The third kappa shape index (κ3) is 3.06. The van der Waals surface area contributed by atoms with Crippen molar-refractivity contribution in [1.82, 2.24) is 5.32 Å². The summed E-state index contributed by atoms with van der Waals surface area (Å²) in [4.78, 5) is 11.6. The molecule has 2 rings (SSSR count). The summed E-state index contributed by atoms with van der Waals surface area (Å²) >= 11 is 5.74. The molecule has 0 aliphatic rings. The van der Waals surface area contributed by atoms with Gasteiger partial charge in [0, 0.05) is 18.2 Å². The predicted molar refractivity (Wildman–Crippen MR) is 75.2 cm³/mol. The summed E-state index contributed by atoms with van der Waals surface area (Å²) in [5.41, 5.74) is -1.24. The average molecular weight is 332 g/mol. The minimum absolute atomic E-state index is 0.0923. The SMILES string of the molecule is CNC(=O)c1cccc(-c2c(F)ccc(C(F)(F)F)c2Cl)c1. The Balaban J connectivity index is 2.65. The van der Waals surface area contributed by atoms with Crippen molar-refractivity contribution in [1.29, 1.82) is 0 Å². The monoisotopic (exact) mass is 331 g/mol. The van der Waals surface area contributed by atoms with Crippen LogP contribution in [0.25, 0.3) is 11.1 Å². The molecule has 0 saturated heterocycles. The van der Waals surface area contributed by atoms with Crippen molar-refractivity contribution in [2.45, 2.75) is 6.18 Å². The van der Waals surface area contributed by atoms with Crippen LogP contribution >= 0.6 is 11.6 Å². The van der Waals surface area contributed by atoms with Crippen LogP contribution in [0, 0.1) is 5.82 Å². The predicted octanol–water partition coefficient (Wildman–Crippen LogP) is 4.52. The van der Waals surface area contributed by atoms with Gasteiger partial charge < -0.3 is 5.32 Å². The van der Waals surface area contributed by atoms with Crippen LogP contribution < -0.4 is 5.32 Å². The first-order chi connectivity index (χ1) is 10.3. The molecule has 0 aromatic heterocycles. The number of alkyl halides is 3. The highest BCUT2D eigenvalue weighted by Gasteiger charge is 2.35. The fourth-order valence-electron chi connectivity index (χ4n) is 2.00. The first kappa shape index (κ1) is 16.3. The number of hydrogen-bond donors (Lipinski definition) is 1. The van der Waals surface area contributed by atoms with E-state index in [2.05, 4.69) is 5.32 Å². The van der Waals surface area contributed by atoms with Gasteiger partial charge in [-0.05, 0) is 29.8 Å². The molecule has 1 N–H and O–H groups in total. The fourth-order valence-corrected chi connectivity index (χ4v) is 2.37. The molecule has 2 nitrogen and oxygen atoms in total. The lowest BCUT2D eigenvalue weighted by Gasteiger charge is -2.14. The highest BCUT2D eigenvalue weighted by Crippen LogP contribution is 2.41. The number of nitrogens with one attached hydrogen (secondary N) is 1. The molecule has 0 aliphatic carbocycles. The number of hydrogen-bond acceptors (Lipinski definition) is 1. The molecule has 116 valence electrons. The van der Waals surface area contributed by atoms with E-state index >= 15 is 0 Å². The van der Waals surface area contributed by atoms with E-state index in [1.165, 1.54) is 31.3 Å². The van der Waals surface area contributed by atoms with Crippen molar-refractivity contribution >= 4 is 17.5 Å². The third-order valence-corrected chi connectivity index (χ3v) is 3.43. The summed E-state index contributed by atoms with van der Waals surface area (Å²) in [6.45, 7) is 0. The minimum atomic E-state index is -4.70. The van der Waals surface area contributed by atoms with Gasteiger partial charge in [-0.15, -0.1) is 0 Å². The smallest absolute Gasteiger partial charge is 0.355 e. The number of carbonyl (C=O) groups excluding carboxylic acids is 1. The third-order valence-electron chi connectivity index (χ3n) is 3.04. The highest BCUT2D eigenvalue weighted by atomic mass is 35.5. The number of carbonyl (C=O) groups is 1. The molecule has 0 atom stereocenters. The Bertz CT molecular complexity index is 728. The average Bonchev–Trinajstić information content (AvgIpc) is 2.45. The van der Waals surface area contributed by atoms with E-state index in [-0.39, 0.29) is 16.7 Å². The van der Waals surface area contributed by atoms with E-state index in [0.717, 1.165) is 0 Å². The quantitative estimate of drug-likeness (QED) is 0.805. The molecule has 0 aliphatic heterocycles. The van der Waals surface area contributed by atoms with Crippen molar-refractivity contribution in [2.24, 2.45) is 0 Å². The molecule has 0 fully saturated rings. The molecular weight excluding hydrogens is 322 g/mol. The number of halogens is 5. The van der Waals surface area contributed by atoms with Gasteiger partial charge in [-0.3, -0.25) is 4.79 Å². The summed E-state index contributed by atoms with van der Waals surface area (Å²) < 4.78 is 52.6. The normalized spacial score (nSPS) is 11.4. The van der Waals surface area contributed by atoms with E-state index in [1.54, 1.807) is 0 Å². The lowest BCUT2D eigenvalue weighted by molar-refractivity contribution is -0.137. The molecule has 2 aromatic rings. The van der Waals surface area contributed by atoms with E-state index in [0.29, 0.717) is 12.1 Å². The summed E-state index contributed by atoms with van der Waals surface area (Å²) in [5, 5.41) is 1.64. The van der Waals surface area contributed by atoms with Crippen LogP contribution in [0.2, 0.25) is 5.02 Å². The Kier molecular flexibility index (Phi) is 4.42. The molecule has 7 heteroatoms. The van der Waals surface area contributed by atoms with Crippen LogP contribution in [0.15, 0.2) is 36.4 Å². The van der Waals surface area contributed by atoms with Crippen LogP contribution in [0.5, 0.6) is 0 Å². The van der Waals surface area contributed by atoms with E-state index in [4.69, 9.17) is 11.6 Å². The van der Waals surface area contributed by atoms with Gasteiger partial charge in [-0.2, -0.15) is 13.2 Å². The lowest BCUT2D eigenvalue weighted by atomic mass is 9.99. The van der Waals surface area contributed by atoms with Gasteiger partial charge in [-0.1, -0.05) is 23.7 Å². The Morgan fingerprint density at radius 1 is 1.18 bits per heavy atom. The van der Waals surface area contributed by atoms with Gasteiger partial charge in [0.15, 0.2) is 0 Å². The van der Waals surface area contributed by atoms with E-state index in [9.17, 15) is 22.4 Å². The number of benzene rings is 2. The summed E-state index contributed by atoms with van der Waals surface area (Å²) in [5.74, 6) is -1.34. The maximum absolute atomic E-state index is 14.0. The van der Waals surface area contributed by atoms with Crippen LogP contribution in [0.1, 0.15) is 15.9 Å². The summed E-state index contributed by atoms with van der Waals surface area (Å²) in [6, 6.07) is 6.86. The van der Waals surface area contributed by atoms with Gasteiger partial charge in [0.1, 0.15) is 5.82 Å². The molecular formula is C15H10ClF4NO. The Morgan fingerprint density at radius 2 is 1.86 bits per heavy atom. The first-order valence-electron chi connectivity index (χ1n) is 6.13. The standard InChI is InChI=1S/C15H10ClF4NO/c1-21-14(22)9-4-2-3-8(7-9)12-11(17)6-5-10(13(12)16)15(18,19)20/h2-7H,1H3,(H,21,22). The highest BCUT2D eigenvalue weighted by molar-refractivity contribution is 6.34. The molecule has 22 heavy (non-hydrogen) atoms. The molecule has 0 unspecified atom stereocenters. The van der Waals surface area contributed by atoms with Crippen molar-refractivity contribution in [3.63, 3.8) is 0 Å². The van der Waals surface area contributed by atoms with Gasteiger partial charge in [0.05, 0.1) is 10.6 Å². The minimum Gasteiger partial charge on any atom is -0.355 e. The summed E-state index contributed by atoms with van der Waals surface area (Å²) in [7, 11) is 1.41. The topological polar surface area (TPSA) is 29.1 Å². The Labute approximate surface area is 128 Å². The van der Waals surface area contributed by atoms with Gasteiger partial charge in [0.25, 0.3) is 5.91 Å². The van der Waals surface area contributed by atoms with Crippen LogP contribution in [0.3, 0.4) is 0 Å². The molecule has 0 radical (unpaired) electrons. The number of rotatable bonds is 2. The van der Waals surface area contributed by atoms with Crippen molar-refractivity contribution < 1.29 is 22.4 Å². The fraction of sp³-hybridized carbons (Fsp3) is 0.133. The molecule has 1 amide bonds. The van der Waals surface area contributed by atoms with Crippen molar-refractivity contribution in [3.8, 4) is 11.1 Å². The first-order valence-corrected chi connectivity index (χ1v) is 6.51. The largest absolute Gasteiger partial charge is 0.417 e. The lowest BCUT2D eigenvalue weighted by Crippen LogP contribution is -2.17. The zero-order valence-corrected chi connectivity index (χ0v) is 12.0. The van der Waals surface area contributed by atoms with Crippen molar-refractivity contribution in [3.05, 3.63) is 58.4 Å². The Morgan fingerprint density at radius 3 is 2.45 bits per heavy atom. The summed E-state index contributed by atoms with van der Waals surface area (Å²) in [6.07, 6.45) is -4.70. The van der Waals surface area contributed by atoms with E-state index in [1.807, 2.05) is 0 Å². The molecule has 0 heterocycles. The second-order valence-electron chi connectivity index (χ2n) is 4.44. The van der Waals surface area contributed by atoms with Gasteiger partial charge >= 0.3 is 6.18 Å². The molecule has 0 bridgehead atoms. The Hall–Kier alpha value is -2.08. The molecule has 0 saturated carbocycles. The molecule has 2 aromatic carbocycles. The number of amides is 1.